The highest BCUT2D eigenvalue weighted by atomic mass is 35.5. The zero-order valence-corrected chi connectivity index (χ0v) is 13.7. The standard InChI is InChI=1S/C18H27ClO/c1-13(2)12-18(8-4-5-9-18)17(20)11-15-7-6-14(3)10-16(15)19/h6-7,10,13,17,20H,4-5,8-9,11-12H2,1-3H3. The summed E-state index contributed by atoms with van der Waals surface area (Å²) >= 11 is 6.32. The first kappa shape index (κ1) is 15.9. The monoisotopic (exact) mass is 294 g/mol. The van der Waals surface area contributed by atoms with Gasteiger partial charge in [0.1, 0.15) is 0 Å². The second kappa shape index (κ2) is 6.49. The maximum absolute atomic E-state index is 10.8. The topological polar surface area (TPSA) is 20.2 Å². The molecule has 1 unspecified atom stereocenters. The molecule has 1 aliphatic carbocycles. The summed E-state index contributed by atoms with van der Waals surface area (Å²) in [4.78, 5) is 0. The Morgan fingerprint density at radius 2 is 1.90 bits per heavy atom. The van der Waals surface area contributed by atoms with Crippen LogP contribution in [0.4, 0.5) is 0 Å². The molecule has 1 aromatic rings. The van der Waals surface area contributed by atoms with Gasteiger partial charge in [-0.15, -0.1) is 0 Å². The average Bonchev–Trinajstić information content (AvgIpc) is 2.81. The summed E-state index contributed by atoms with van der Waals surface area (Å²) in [6.07, 6.45) is 6.37. The highest BCUT2D eigenvalue weighted by Crippen LogP contribution is 2.47. The number of halogens is 1. The fraction of sp³-hybridized carbons (Fsp3) is 0.667. The maximum Gasteiger partial charge on any atom is 0.0637 e. The lowest BCUT2D eigenvalue weighted by molar-refractivity contribution is 0.0134. The van der Waals surface area contributed by atoms with Crippen LogP contribution in [0.1, 0.15) is 57.1 Å². The highest BCUT2D eigenvalue weighted by molar-refractivity contribution is 6.31. The average molecular weight is 295 g/mol. The van der Waals surface area contributed by atoms with Crippen LogP contribution in [-0.2, 0) is 6.42 Å². The minimum Gasteiger partial charge on any atom is -0.392 e. The first-order valence-electron chi connectivity index (χ1n) is 7.86. The Morgan fingerprint density at radius 1 is 1.25 bits per heavy atom. The molecule has 1 saturated carbocycles. The molecule has 1 atom stereocenters. The Kier molecular flexibility index (Phi) is 5.14. The fourth-order valence-corrected chi connectivity index (χ4v) is 4.12. The summed E-state index contributed by atoms with van der Waals surface area (Å²) < 4.78 is 0. The van der Waals surface area contributed by atoms with E-state index in [4.69, 9.17) is 11.6 Å². The fourth-order valence-electron chi connectivity index (χ4n) is 3.81. The Hall–Kier alpha value is -0.530. The third-order valence-electron chi connectivity index (χ3n) is 4.74. The molecule has 1 aliphatic rings. The van der Waals surface area contributed by atoms with Gasteiger partial charge in [0.05, 0.1) is 6.10 Å². The van der Waals surface area contributed by atoms with Crippen LogP contribution >= 0.6 is 11.6 Å². The van der Waals surface area contributed by atoms with Crippen molar-refractivity contribution in [3.8, 4) is 0 Å². The van der Waals surface area contributed by atoms with Crippen LogP contribution in [0.5, 0.6) is 0 Å². The van der Waals surface area contributed by atoms with Gasteiger partial charge in [-0.3, -0.25) is 0 Å². The summed E-state index contributed by atoms with van der Waals surface area (Å²) in [5.74, 6) is 0.635. The Balaban J connectivity index is 2.14. The predicted octanol–water partition coefficient (Wildman–Crippen LogP) is 5.16. The van der Waals surface area contributed by atoms with Crippen LogP contribution in [0.2, 0.25) is 5.02 Å². The van der Waals surface area contributed by atoms with Crippen LogP contribution in [0, 0.1) is 18.3 Å². The van der Waals surface area contributed by atoms with E-state index >= 15 is 0 Å². The summed E-state index contributed by atoms with van der Waals surface area (Å²) in [5, 5.41) is 11.6. The molecule has 0 bridgehead atoms. The van der Waals surface area contributed by atoms with E-state index in [0.29, 0.717) is 12.3 Å². The second-order valence-electron chi connectivity index (χ2n) is 6.98. The van der Waals surface area contributed by atoms with Gasteiger partial charge in [-0.2, -0.15) is 0 Å². The lowest BCUT2D eigenvalue weighted by Gasteiger charge is -2.36. The molecule has 1 aromatic carbocycles. The minimum absolute atomic E-state index is 0.113. The molecule has 1 fully saturated rings. The van der Waals surface area contributed by atoms with E-state index in [-0.39, 0.29) is 11.5 Å². The number of aliphatic hydroxyl groups excluding tert-OH is 1. The highest BCUT2D eigenvalue weighted by Gasteiger charge is 2.40. The van der Waals surface area contributed by atoms with Crippen LogP contribution < -0.4 is 0 Å². The summed E-state index contributed by atoms with van der Waals surface area (Å²) in [7, 11) is 0. The second-order valence-corrected chi connectivity index (χ2v) is 7.39. The van der Waals surface area contributed by atoms with Crippen LogP contribution in [-0.4, -0.2) is 11.2 Å². The molecule has 2 rings (SSSR count). The molecule has 0 saturated heterocycles. The van der Waals surface area contributed by atoms with Crippen molar-refractivity contribution in [2.45, 2.75) is 65.4 Å². The molecule has 0 amide bonds. The molecule has 0 radical (unpaired) electrons. The molecule has 0 spiro atoms. The van der Waals surface area contributed by atoms with Gasteiger partial charge < -0.3 is 5.11 Å². The van der Waals surface area contributed by atoms with Crippen molar-refractivity contribution in [1.82, 2.24) is 0 Å². The van der Waals surface area contributed by atoms with Crippen molar-refractivity contribution in [1.29, 1.82) is 0 Å². The van der Waals surface area contributed by atoms with Crippen molar-refractivity contribution in [3.05, 3.63) is 34.3 Å². The predicted molar refractivity (Wildman–Crippen MR) is 86.3 cm³/mol. The van der Waals surface area contributed by atoms with Crippen molar-refractivity contribution < 1.29 is 5.11 Å². The number of benzene rings is 1. The third kappa shape index (κ3) is 3.56. The molecule has 1 nitrogen and oxygen atoms in total. The molecular weight excluding hydrogens is 268 g/mol. The molecule has 112 valence electrons. The van der Waals surface area contributed by atoms with Crippen LogP contribution in [0.25, 0.3) is 0 Å². The van der Waals surface area contributed by atoms with E-state index in [1.54, 1.807) is 0 Å². The Labute approximate surface area is 128 Å². The van der Waals surface area contributed by atoms with Crippen molar-refractivity contribution in [3.63, 3.8) is 0 Å². The number of aryl methyl sites for hydroxylation is 1. The minimum atomic E-state index is -0.271. The largest absolute Gasteiger partial charge is 0.392 e. The van der Waals surface area contributed by atoms with Gasteiger partial charge in [0.25, 0.3) is 0 Å². The Morgan fingerprint density at radius 3 is 2.45 bits per heavy atom. The van der Waals surface area contributed by atoms with Crippen LogP contribution in [0.15, 0.2) is 18.2 Å². The first-order valence-corrected chi connectivity index (χ1v) is 8.24. The smallest absolute Gasteiger partial charge is 0.0637 e. The number of hydrogen-bond donors (Lipinski definition) is 1. The van der Waals surface area contributed by atoms with Gasteiger partial charge in [-0.1, -0.05) is 50.4 Å². The number of hydrogen-bond acceptors (Lipinski definition) is 1. The van der Waals surface area contributed by atoms with E-state index < -0.39 is 0 Å². The van der Waals surface area contributed by atoms with Gasteiger partial charge in [-0.25, -0.2) is 0 Å². The molecule has 0 aliphatic heterocycles. The van der Waals surface area contributed by atoms with Gasteiger partial charge in [0.2, 0.25) is 0 Å². The summed E-state index contributed by atoms with van der Waals surface area (Å²) in [6.45, 7) is 6.56. The van der Waals surface area contributed by atoms with E-state index in [2.05, 4.69) is 26.0 Å². The molecule has 20 heavy (non-hydrogen) atoms. The van der Waals surface area contributed by atoms with Gasteiger partial charge in [0.15, 0.2) is 0 Å². The summed E-state index contributed by atoms with van der Waals surface area (Å²) in [6, 6.07) is 6.14. The van der Waals surface area contributed by atoms with E-state index in [1.807, 2.05) is 13.0 Å². The number of aliphatic hydroxyl groups is 1. The zero-order chi connectivity index (χ0) is 14.8. The lowest BCUT2D eigenvalue weighted by Crippen LogP contribution is -2.35. The van der Waals surface area contributed by atoms with E-state index in [0.717, 1.165) is 29.8 Å². The Bertz CT molecular complexity index is 447. The molecule has 0 aromatic heterocycles. The van der Waals surface area contributed by atoms with E-state index in [1.165, 1.54) is 18.4 Å². The van der Waals surface area contributed by atoms with Gasteiger partial charge in [-0.05, 0) is 54.7 Å². The van der Waals surface area contributed by atoms with Crippen LogP contribution in [0.3, 0.4) is 0 Å². The molecule has 0 heterocycles. The molecule has 1 N–H and O–H groups in total. The van der Waals surface area contributed by atoms with E-state index in [9.17, 15) is 5.11 Å². The van der Waals surface area contributed by atoms with Gasteiger partial charge in [0, 0.05) is 11.4 Å². The maximum atomic E-state index is 10.8. The van der Waals surface area contributed by atoms with Crippen molar-refractivity contribution in [2.24, 2.45) is 11.3 Å². The summed E-state index contributed by atoms with van der Waals surface area (Å²) in [5.41, 5.74) is 2.37. The normalized spacial score (nSPS) is 19.5. The third-order valence-corrected chi connectivity index (χ3v) is 5.09. The quantitative estimate of drug-likeness (QED) is 0.795. The number of rotatable bonds is 5. The lowest BCUT2D eigenvalue weighted by atomic mass is 9.72. The zero-order valence-electron chi connectivity index (χ0n) is 13.0. The first-order chi connectivity index (χ1) is 9.43. The molecule has 2 heteroatoms. The molecular formula is C18H27ClO. The van der Waals surface area contributed by atoms with Gasteiger partial charge >= 0.3 is 0 Å². The van der Waals surface area contributed by atoms with Crippen molar-refractivity contribution in [2.75, 3.05) is 0 Å². The van der Waals surface area contributed by atoms with Crippen molar-refractivity contribution >= 4 is 11.6 Å². The SMILES string of the molecule is Cc1ccc(CC(O)C2(CC(C)C)CCCC2)c(Cl)c1.